The molecule has 0 aliphatic rings. The molecule has 0 spiro atoms. The number of pyridine rings is 1. The summed E-state index contributed by atoms with van der Waals surface area (Å²) < 4.78 is 1.79. The molecule has 1 unspecified atom stereocenters. The fraction of sp³-hybridized carbons (Fsp3) is 0.0625. The van der Waals surface area contributed by atoms with Crippen molar-refractivity contribution in [1.29, 1.82) is 0 Å². The maximum Gasteiger partial charge on any atom is 0.0896 e. The van der Waals surface area contributed by atoms with Gasteiger partial charge in [0, 0.05) is 35.7 Å². The SMILES string of the molecule is NC(c1cccc2cnccc12)c1cnn2ccncc12. The molecular formula is C16H13N5. The van der Waals surface area contributed by atoms with Crippen molar-refractivity contribution < 1.29 is 0 Å². The molecule has 0 fully saturated rings. The van der Waals surface area contributed by atoms with Gasteiger partial charge in [0.15, 0.2) is 0 Å². The van der Waals surface area contributed by atoms with Crippen LogP contribution in [-0.4, -0.2) is 19.6 Å². The predicted molar refractivity (Wildman–Crippen MR) is 80.8 cm³/mol. The second-order valence-corrected chi connectivity index (χ2v) is 4.93. The Morgan fingerprint density at radius 3 is 2.81 bits per heavy atom. The zero-order valence-corrected chi connectivity index (χ0v) is 11.2. The first-order valence-electron chi connectivity index (χ1n) is 6.70. The first-order chi connectivity index (χ1) is 10.3. The molecular weight excluding hydrogens is 262 g/mol. The van der Waals surface area contributed by atoms with Crippen LogP contribution in [0.3, 0.4) is 0 Å². The van der Waals surface area contributed by atoms with E-state index in [1.54, 1.807) is 23.1 Å². The Bertz CT molecular complexity index is 923. The fourth-order valence-electron chi connectivity index (χ4n) is 2.68. The van der Waals surface area contributed by atoms with Crippen molar-refractivity contribution in [2.75, 3.05) is 0 Å². The Hall–Kier alpha value is -2.79. The molecule has 1 aromatic carbocycles. The van der Waals surface area contributed by atoms with E-state index in [9.17, 15) is 0 Å². The van der Waals surface area contributed by atoms with E-state index in [4.69, 9.17) is 5.73 Å². The molecule has 0 radical (unpaired) electrons. The van der Waals surface area contributed by atoms with Crippen LogP contribution >= 0.6 is 0 Å². The third-order valence-electron chi connectivity index (χ3n) is 3.74. The van der Waals surface area contributed by atoms with Crippen molar-refractivity contribution in [3.63, 3.8) is 0 Å². The van der Waals surface area contributed by atoms with E-state index in [-0.39, 0.29) is 6.04 Å². The molecule has 102 valence electrons. The molecule has 3 heterocycles. The van der Waals surface area contributed by atoms with Crippen LogP contribution in [0.4, 0.5) is 0 Å². The van der Waals surface area contributed by atoms with Gasteiger partial charge >= 0.3 is 0 Å². The van der Waals surface area contributed by atoms with Gasteiger partial charge in [-0.25, -0.2) is 4.52 Å². The molecule has 21 heavy (non-hydrogen) atoms. The third kappa shape index (κ3) is 1.86. The Balaban J connectivity index is 1.92. The summed E-state index contributed by atoms with van der Waals surface area (Å²) in [6, 6.07) is 7.83. The Labute approximate surface area is 121 Å². The Morgan fingerprint density at radius 2 is 1.86 bits per heavy atom. The van der Waals surface area contributed by atoms with Gasteiger partial charge in [0.1, 0.15) is 0 Å². The summed E-state index contributed by atoms with van der Waals surface area (Å²) in [7, 11) is 0. The lowest BCUT2D eigenvalue weighted by Crippen LogP contribution is -2.12. The lowest BCUT2D eigenvalue weighted by atomic mass is 9.96. The monoisotopic (exact) mass is 275 g/mol. The maximum atomic E-state index is 6.49. The van der Waals surface area contributed by atoms with E-state index in [1.165, 1.54) is 0 Å². The van der Waals surface area contributed by atoms with Crippen molar-refractivity contribution in [3.05, 3.63) is 72.6 Å². The lowest BCUT2D eigenvalue weighted by molar-refractivity contribution is 0.889. The van der Waals surface area contributed by atoms with E-state index < -0.39 is 0 Å². The molecule has 0 saturated heterocycles. The van der Waals surface area contributed by atoms with Crippen LogP contribution < -0.4 is 5.73 Å². The molecule has 4 rings (SSSR count). The van der Waals surface area contributed by atoms with Crippen LogP contribution in [0, 0.1) is 0 Å². The normalized spacial score (nSPS) is 12.8. The summed E-state index contributed by atoms with van der Waals surface area (Å²) in [5.74, 6) is 0. The van der Waals surface area contributed by atoms with Gasteiger partial charge in [-0.3, -0.25) is 9.97 Å². The van der Waals surface area contributed by atoms with Gasteiger partial charge in [0.2, 0.25) is 0 Å². The highest BCUT2D eigenvalue weighted by atomic mass is 15.2. The molecule has 5 nitrogen and oxygen atoms in total. The fourth-order valence-corrected chi connectivity index (χ4v) is 2.68. The highest BCUT2D eigenvalue weighted by Crippen LogP contribution is 2.28. The first kappa shape index (κ1) is 12.0. The van der Waals surface area contributed by atoms with Crippen LogP contribution in [0.2, 0.25) is 0 Å². The smallest absolute Gasteiger partial charge is 0.0896 e. The number of hydrogen-bond donors (Lipinski definition) is 1. The van der Waals surface area contributed by atoms with E-state index >= 15 is 0 Å². The minimum absolute atomic E-state index is 0.252. The van der Waals surface area contributed by atoms with E-state index in [2.05, 4.69) is 15.1 Å². The standard InChI is InChI=1S/C16H13N5/c17-16(14-9-20-21-7-6-19-10-15(14)21)13-3-1-2-11-8-18-5-4-12(11)13/h1-10,16H,17H2. The third-order valence-corrected chi connectivity index (χ3v) is 3.74. The van der Waals surface area contributed by atoms with E-state index in [1.807, 2.05) is 42.9 Å². The van der Waals surface area contributed by atoms with Crippen molar-refractivity contribution in [2.24, 2.45) is 5.73 Å². The maximum absolute atomic E-state index is 6.49. The topological polar surface area (TPSA) is 69.1 Å². The second-order valence-electron chi connectivity index (χ2n) is 4.93. The average Bonchev–Trinajstić information content (AvgIpc) is 2.98. The van der Waals surface area contributed by atoms with Gasteiger partial charge in [-0.2, -0.15) is 5.10 Å². The van der Waals surface area contributed by atoms with Gasteiger partial charge in [-0.05, 0) is 17.0 Å². The number of rotatable bonds is 2. The van der Waals surface area contributed by atoms with Gasteiger partial charge in [-0.1, -0.05) is 18.2 Å². The number of fused-ring (bicyclic) bond motifs is 2. The molecule has 3 aromatic heterocycles. The summed E-state index contributed by atoms with van der Waals surface area (Å²) in [4.78, 5) is 8.32. The number of nitrogens with two attached hydrogens (primary N) is 1. The van der Waals surface area contributed by atoms with Crippen LogP contribution in [0.1, 0.15) is 17.2 Å². The zero-order valence-electron chi connectivity index (χ0n) is 11.2. The Kier molecular flexibility index (Phi) is 2.65. The van der Waals surface area contributed by atoms with E-state index in [0.29, 0.717) is 0 Å². The minimum Gasteiger partial charge on any atom is -0.320 e. The van der Waals surface area contributed by atoms with Crippen molar-refractivity contribution >= 4 is 16.3 Å². The molecule has 4 aromatic rings. The number of nitrogens with zero attached hydrogens (tertiary/aromatic N) is 4. The highest BCUT2D eigenvalue weighted by Gasteiger charge is 2.16. The molecule has 5 heteroatoms. The van der Waals surface area contributed by atoms with Gasteiger partial charge in [-0.15, -0.1) is 0 Å². The molecule has 2 N–H and O–H groups in total. The molecule has 0 aliphatic heterocycles. The number of hydrogen-bond acceptors (Lipinski definition) is 4. The van der Waals surface area contributed by atoms with Gasteiger partial charge < -0.3 is 5.73 Å². The van der Waals surface area contributed by atoms with Gasteiger partial charge in [0.05, 0.1) is 24.0 Å². The first-order valence-corrected chi connectivity index (χ1v) is 6.70. The minimum atomic E-state index is -0.252. The largest absolute Gasteiger partial charge is 0.320 e. The summed E-state index contributed by atoms with van der Waals surface area (Å²) in [5, 5.41) is 6.53. The van der Waals surface area contributed by atoms with Gasteiger partial charge in [0.25, 0.3) is 0 Å². The van der Waals surface area contributed by atoms with Crippen LogP contribution in [0.5, 0.6) is 0 Å². The van der Waals surface area contributed by atoms with Crippen LogP contribution in [0.25, 0.3) is 16.3 Å². The van der Waals surface area contributed by atoms with Crippen molar-refractivity contribution in [2.45, 2.75) is 6.04 Å². The average molecular weight is 275 g/mol. The molecule has 0 amide bonds. The van der Waals surface area contributed by atoms with Crippen LogP contribution in [0.15, 0.2) is 61.4 Å². The van der Waals surface area contributed by atoms with Crippen LogP contribution in [-0.2, 0) is 0 Å². The molecule has 0 bridgehead atoms. The Morgan fingerprint density at radius 1 is 0.952 bits per heavy atom. The second kappa shape index (κ2) is 4.64. The van der Waals surface area contributed by atoms with Crippen molar-refractivity contribution in [1.82, 2.24) is 19.6 Å². The highest BCUT2D eigenvalue weighted by molar-refractivity contribution is 5.86. The van der Waals surface area contributed by atoms with E-state index in [0.717, 1.165) is 27.4 Å². The number of benzene rings is 1. The summed E-state index contributed by atoms with van der Waals surface area (Å²) in [5.41, 5.74) is 9.45. The zero-order chi connectivity index (χ0) is 14.2. The molecule has 0 aliphatic carbocycles. The molecule has 1 atom stereocenters. The lowest BCUT2D eigenvalue weighted by Gasteiger charge is -2.13. The summed E-state index contributed by atoms with van der Waals surface area (Å²) in [6.45, 7) is 0. The summed E-state index contributed by atoms with van der Waals surface area (Å²) in [6.07, 6.45) is 10.8. The quantitative estimate of drug-likeness (QED) is 0.609. The van der Waals surface area contributed by atoms with Crippen molar-refractivity contribution in [3.8, 4) is 0 Å². The predicted octanol–water partition coefficient (Wildman–Crippen LogP) is 2.33. The summed E-state index contributed by atoms with van der Waals surface area (Å²) >= 11 is 0. The molecule has 0 saturated carbocycles. The number of aromatic nitrogens is 4.